The lowest BCUT2D eigenvalue weighted by Crippen LogP contribution is -2.35. The first-order valence-electron chi connectivity index (χ1n) is 4.45. The molecule has 0 aromatic carbocycles. The summed E-state index contributed by atoms with van der Waals surface area (Å²) in [5.41, 5.74) is -0.501. The molecule has 68 valence electrons. The molecule has 3 heteroatoms. The Morgan fingerprint density at radius 1 is 1.42 bits per heavy atom. The van der Waals surface area contributed by atoms with Crippen LogP contribution in [0.1, 0.15) is 19.8 Å². The molecule has 5 atom stereocenters. The van der Waals surface area contributed by atoms with Crippen molar-refractivity contribution in [3.05, 3.63) is 0 Å². The molecule has 2 N–H and O–H groups in total. The summed E-state index contributed by atoms with van der Waals surface area (Å²) in [6.07, 6.45) is 0.886. The van der Waals surface area contributed by atoms with Crippen molar-refractivity contribution in [2.24, 2.45) is 17.3 Å². The number of aldehydes is 1. The number of carbonyl (C=O) groups excluding carboxylic acids is 1. The summed E-state index contributed by atoms with van der Waals surface area (Å²) in [7, 11) is 0. The molecule has 2 fully saturated rings. The van der Waals surface area contributed by atoms with Gasteiger partial charge in [-0.2, -0.15) is 0 Å². The van der Waals surface area contributed by atoms with E-state index in [9.17, 15) is 15.0 Å². The van der Waals surface area contributed by atoms with Crippen LogP contribution in [0.4, 0.5) is 0 Å². The molecular weight excluding hydrogens is 156 g/mol. The summed E-state index contributed by atoms with van der Waals surface area (Å²) in [5.74, 6) is 0.468. The third-order valence-electron chi connectivity index (χ3n) is 3.73. The van der Waals surface area contributed by atoms with Crippen molar-refractivity contribution in [1.82, 2.24) is 0 Å². The number of carbonyl (C=O) groups is 1. The van der Waals surface area contributed by atoms with Gasteiger partial charge >= 0.3 is 0 Å². The van der Waals surface area contributed by atoms with Crippen molar-refractivity contribution in [2.45, 2.75) is 32.0 Å². The van der Waals surface area contributed by atoms with E-state index in [0.29, 0.717) is 12.8 Å². The van der Waals surface area contributed by atoms with E-state index in [1.807, 2.05) is 6.92 Å². The van der Waals surface area contributed by atoms with Crippen molar-refractivity contribution in [1.29, 1.82) is 0 Å². The average Bonchev–Trinajstić information content (AvgIpc) is 2.58. The van der Waals surface area contributed by atoms with Crippen molar-refractivity contribution in [3.63, 3.8) is 0 Å². The predicted molar refractivity (Wildman–Crippen MR) is 42.4 cm³/mol. The molecule has 0 aliphatic heterocycles. The van der Waals surface area contributed by atoms with Crippen LogP contribution in [0.5, 0.6) is 0 Å². The van der Waals surface area contributed by atoms with Gasteiger partial charge in [0.05, 0.1) is 17.6 Å². The zero-order valence-corrected chi connectivity index (χ0v) is 7.10. The molecular formula is C9H14O3. The Balaban J connectivity index is 2.21. The van der Waals surface area contributed by atoms with Crippen LogP contribution in [0.15, 0.2) is 0 Å². The minimum Gasteiger partial charge on any atom is -0.393 e. The Bertz CT molecular complexity index is 206. The van der Waals surface area contributed by atoms with Crippen LogP contribution in [0, 0.1) is 17.3 Å². The minimum atomic E-state index is -0.626. The van der Waals surface area contributed by atoms with Crippen molar-refractivity contribution < 1.29 is 15.0 Å². The van der Waals surface area contributed by atoms with Gasteiger partial charge in [0.15, 0.2) is 0 Å². The summed E-state index contributed by atoms with van der Waals surface area (Å²) in [6.45, 7) is 1.97. The Morgan fingerprint density at radius 3 is 2.58 bits per heavy atom. The number of aliphatic hydroxyl groups is 2. The second-order valence-electron chi connectivity index (χ2n) is 4.15. The van der Waals surface area contributed by atoms with Crippen molar-refractivity contribution in [2.75, 3.05) is 0 Å². The third-order valence-corrected chi connectivity index (χ3v) is 3.73. The molecule has 2 saturated carbocycles. The SMILES string of the molecule is CC1C2CC(O)CC(O)C12C=O. The molecule has 0 aromatic heterocycles. The second kappa shape index (κ2) is 2.30. The van der Waals surface area contributed by atoms with Gasteiger partial charge in [0.2, 0.25) is 0 Å². The first-order valence-corrected chi connectivity index (χ1v) is 4.45. The highest BCUT2D eigenvalue weighted by molar-refractivity contribution is 5.67. The fourth-order valence-corrected chi connectivity index (χ4v) is 2.79. The normalized spacial score (nSPS) is 57.6. The van der Waals surface area contributed by atoms with Crippen LogP contribution in [0.25, 0.3) is 0 Å². The highest BCUT2D eigenvalue weighted by Crippen LogP contribution is 2.64. The molecule has 0 radical (unpaired) electrons. The maximum Gasteiger partial charge on any atom is 0.129 e. The molecule has 2 rings (SSSR count). The predicted octanol–water partition coefficient (Wildman–Crippen LogP) is -0.0468. The molecule has 0 amide bonds. The Hall–Kier alpha value is -0.410. The number of hydrogen-bond acceptors (Lipinski definition) is 3. The lowest BCUT2D eigenvalue weighted by molar-refractivity contribution is -0.120. The zero-order chi connectivity index (χ0) is 8.93. The molecule has 0 saturated heterocycles. The van der Waals surface area contributed by atoms with Crippen molar-refractivity contribution >= 4 is 6.29 Å². The van der Waals surface area contributed by atoms with Crippen LogP contribution in [-0.2, 0) is 4.79 Å². The summed E-state index contributed by atoms with van der Waals surface area (Å²) in [5, 5.41) is 18.9. The highest BCUT2D eigenvalue weighted by Gasteiger charge is 2.68. The van der Waals surface area contributed by atoms with Gasteiger partial charge < -0.3 is 15.0 Å². The molecule has 0 heterocycles. The molecule has 0 bridgehead atoms. The summed E-state index contributed by atoms with van der Waals surface area (Å²) >= 11 is 0. The molecule has 2 aliphatic carbocycles. The Morgan fingerprint density at radius 2 is 2.08 bits per heavy atom. The smallest absolute Gasteiger partial charge is 0.129 e. The van der Waals surface area contributed by atoms with Gasteiger partial charge in [-0.1, -0.05) is 6.92 Å². The van der Waals surface area contributed by atoms with Gasteiger partial charge in [-0.05, 0) is 18.3 Å². The highest BCUT2D eigenvalue weighted by atomic mass is 16.3. The largest absolute Gasteiger partial charge is 0.393 e. The Labute approximate surface area is 71.4 Å². The number of aliphatic hydroxyl groups excluding tert-OH is 2. The van der Waals surface area contributed by atoms with E-state index in [1.165, 1.54) is 0 Å². The average molecular weight is 170 g/mol. The van der Waals surface area contributed by atoms with E-state index in [1.54, 1.807) is 0 Å². The Kier molecular flexibility index (Phi) is 1.57. The fraction of sp³-hybridized carbons (Fsp3) is 0.889. The molecule has 2 aliphatic rings. The van der Waals surface area contributed by atoms with Crippen molar-refractivity contribution in [3.8, 4) is 0 Å². The van der Waals surface area contributed by atoms with E-state index >= 15 is 0 Å². The summed E-state index contributed by atoms with van der Waals surface area (Å²) in [4.78, 5) is 10.8. The van der Waals surface area contributed by atoms with Gasteiger partial charge in [-0.25, -0.2) is 0 Å². The van der Waals surface area contributed by atoms with Crippen LogP contribution in [0.2, 0.25) is 0 Å². The summed E-state index contributed by atoms with van der Waals surface area (Å²) in [6, 6.07) is 0. The zero-order valence-electron chi connectivity index (χ0n) is 7.10. The van der Waals surface area contributed by atoms with Gasteiger partial charge in [0, 0.05) is 6.42 Å². The number of fused-ring (bicyclic) bond motifs is 1. The van der Waals surface area contributed by atoms with E-state index in [0.717, 1.165) is 6.29 Å². The minimum absolute atomic E-state index is 0.216. The number of rotatable bonds is 1. The first kappa shape index (κ1) is 8.20. The number of hydrogen-bond donors (Lipinski definition) is 2. The second-order valence-corrected chi connectivity index (χ2v) is 4.15. The standard InChI is InChI=1S/C9H14O3/c1-5-7-2-6(11)3-8(12)9(5,7)4-10/h4-8,11-12H,2-3H2,1H3. The van der Waals surface area contributed by atoms with Crippen LogP contribution in [-0.4, -0.2) is 28.7 Å². The van der Waals surface area contributed by atoms with Crippen LogP contribution >= 0.6 is 0 Å². The lowest BCUT2D eigenvalue weighted by Gasteiger charge is -2.26. The van der Waals surface area contributed by atoms with Gasteiger partial charge in [0.1, 0.15) is 6.29 Å². The van der Waals surface area contributed by atoms with Crippen LogP contribution < -0.4 is 0 Å². The molecule has 5 unspecified atom stereocenters. The molecule has 3 nitrogen and oxygen atoms in total. The molecule has 0 spiro atoms. The van der Waals surface area contributed by atoms with Gasteiger partial charge in [0.25, 0.3) is 0 Å². The fourth-order valence-electron chi connectivity index (χ4n) is 2.79. The maximum absolute atomic E-state index is 10.8. The third kappa shape index (κ3) is 0.756. The quantitative estimate of drug-likeness (QED) is 0.543. The van der Waals surface area contributed by atoms with E-state index in [2.05, 4.69) is 0 Å². The topological polar surface area (TPSA) is 57.5 Å². The maximum atomic E-state index is 10.8. The van der Waals surface area contributed by atoms with E-state index in [4.69, 9.17) is 0 Å². The molecule has 12 heavy (non-hydrogen) atoms. The summed E-state index contributed by atoms with van der Waals surface area (Å²) < 4.78 is 0. The first-order chi connectivity index (χ1) is 5.63. The van der Waals surface area contributed by atoms with E-state index < -0.39 is 17.6 Å². The lowest BCUT2D eigenvalue weighted by atomic mass is 9.85. The van der Waals surface area contributed by atoms with E-state index in [-0.39, 0.29) is 11.8 Å². The van der Waals surface area contributed by atoms with Gasteiger partial charge in [-0.3, -0.25) is 0 Å². The van der Waals surface area contributed by atoms with Crippen LogP contribution in [0.3, 0.4) is 0 Å². The molecule has 0 aromatic rings. The monoisotopic (exact) mass is 170 g/mol. The van der Waals surface area contributed by atoms with Gasteiger partial charge in [-0.15, -0.1) is 0 Å².